The first kappa shape index (κ1) is 14.4. The van der Waals surface area contributed by atoms with E-state index in [0.29, 0.717) is 17.2 Å². The van der Waals surface area contributed by atoms with Gasteiger partial charge in [-0.2, -0.15) is 0 Å². The van der Waals surface area contributed by atoms with E-state index >= 15 is 0 Å². The van der Waals surface area contributed by atoms with Crippen LogP contribution in [0.4, 0.5) is 5.69 Å². The van der Waals surface area contributed by atoms with Gasteiger partial charge in [-0.3, -0.25) is 4.79 Å². The number of hydrogen-bond acceptors (Lipinski definition) is 3. The lowest BCUT2D eigenvalue weighted by Gasteiger charge is -2.13. The lowest BCUT2D eigenvalue weighted by molar-refractivity contribution is -0.119. The Hall–Kier alpha value is -1.71. The first-order valence-corrected chi connectivity index (χ1v) is 6.14. The molecule has 0 aliphatic rings. The molecule has 1 atom stereocenters. The second-order valence-corrected chi connectivity index (χ2v) is 4.28. The average Bonchev–Trinajstić information content (AvgIpc) is 2.38. The van der Waals surface area contributed by atoms with Crippen molar-refractivity contribution in [2.24, 2.45) is 5.92 Å². The first-order valence-electron chi connectivity index (χ1n) is 6.14. The monoisotopic (exact) mass is 251 g/mol. The van der Waals surface area contributed by atoms with E-state index in [-0.39, 0.29) is 11.8 Å². The Bertz CT molecular complexity index is 382. The largest absolute Gasteiger partial charge is 0.497 e. The molecule has 0 aliphatic heterocycles. The van der Waals surface area contributed by atoms with Crippen molar-refractivity contribution in [3.05, 3.63) is 18.2 Å². The number of nitrogens with one attached hydrogen (secondary N) is 1. The molecule has 1 aromatic carbocycles. The molecule has 0 fully saturated rings. The van der Waals surface area contributed by atoms with E-state index in [9.17, 15) is 4.79 Å². The van der Waals surface area contributed by atoms with Gasteiger partial charge >= 0.3 is 0 Å². The van der Waals surface area contributed by atoms with Crippen LogP contribution in [0.1, 0.15) is 26.7 Å². The molecule has 0 saturated carbocycles. The predicted octanol–water partition coefficient (Wildman–Crippen LogP) is 3.08. The number of amides is 1. The van der Waals surface area contributed by atoms with E-state index < -0.39 is 0 Å². The zero-order chi connectivity index (χ0) is 13.5. The van der Waals surface area contributed by atoms with Crippen molar-refractivity contribution >= 4 is 11.6 Å². The maximum atomic E-state index is 11.9. The molecule has 100 valence electrons. The fourth-order valence-electron chi connectivity index (χ4n) is 1.71. The Labute approximate surface area is 108 Å². The Morgan fingerprint density at radius 2 is 1.78 bits per heavy atom. The minimum Gasteiger partial charge on any atom is -0.497 e. The molecule has 0 spiro atoms. The third-order valence-electron chi connectivity index (χ3n) is 2.79. The summed E-state index contributed by atoms with van der Waals surface area (Å²) >= 11 is 0. The molecule has 1 aromatic rings. The molecule has 0 aromatic heterocycles. The molecule has 1 N–H and O–H groups in total. The Balaban J connectivity index is 2.80. The van der Waals surface area contributed by atoms with Gasteiger partial charge in [0.05, 0.1) is 14.2 Å². The van der Waals surface area contributed by atoms with Crippen molar-refractivity contribution in [1.29, 1.82) is 0 Å². The molecule has 1 amide bonds. The van der Waals surface area contributed by atoms with Gasteiger partial charge in [0.25, 0.3) is 0 Å². The SMILES string of the molecule is CCC[C@H](C)C(=O)Nc1cc(OC)cc(OC)c1. The standard InChI is InChI=1S/C14H21NO3/c1-5-6-10(2)14(16)15-11-7-12(17-3)9-13(8-11)18-4/h7-10H,5-6H2,1-4H3,(H,15,16)/t10-/m0/s1. The van der Waals surface area contributed by atoms with Gasteiger partial charge in [0.15, 0.2) is 0 Å². The molecule has 4 heteroatoms. The highest BCUT2D eigenvalue weighted by atomic mass is 16.5. The van der Waals surface area contributed by atoms with Crippen molar-refractivity contribution < 1.29 is 14.3 Å². The molecule has 0 aliphatic carbocycles. The third-order valence-corrected chi connectivity index (χ3v) is 2.79. The second kappa shape index (κ2) is 6.89. The summed E-state index contributed by atoms with van der Waals surface area (Å²) in [5.41, 5.74) is 0.694. The summed E-state index contributed by atoms with van der Waals surface area (Å²) in [6.45, 7) is 3.99. The maximum absolute atomic E-state index is 11.9. The van der Waals surface area contributed by atoms with E-state index in [1.165, 1.54) is 0 Å². The maximum Gasteiger partial charge on any atom is 0.227 e. The fraction of sp³-hybridized carbons (Fsp3) is 0.500. The minimum atomic E-state index is 0.00666. The lowest BCUT2D eigenvalue weighted by Crippen LogP contribution is -2.20. The number of methoxy groups -OCH3 is 2. The number of anilines is 1. The van der Waals surface area contributed by atoms with Crippen LogP contribution in [0, 0.1) is 5.92 Å². The van der Waals surface area contributed by atoms with E-state index in [1.54, 1.807) is 32.4 Å². The van der Waals surface area contributed by atoms with Crippen molar-refractivity contribution in [3.8, 4) is 11.5 Å². The van der Waals surface area contributed by atoms with Crippen LogP contribution in [-0.2, 0) is 4.79 Å². The van der Waals surface area contributed by atoms with Crippen molar-refractivity contribution in [2.45, 2.75) is 26.7 Å². The molecule has 1 rings (SSSR count). The van der Waals surface area contributed by atoms with E-state index in [1.807, 2.05) is 6.92 Å². The zero-order valence-electron chi connectivity index (χ0n) is 11.4. The summed E-state index contributed by atoms with van der Waals surface area (Å²) in [5, 5.41) is 2.88. The normalized spacial score (nSPS) is 11.8. The quantitative estimate of drug-likeness (QED) is 0.845. The Kier molecular flexibility index (Phi) is 5.49. The number of carbonyl (C=O) groups is 1. The van der Waals surface area contributed by atoms with Gasteiger partial charge in [-0.1, -0.05) is 20.3 Å². The molecular weight excluding hydrogens is 230 g/mol. The summed E-state index contributed by atoms with van der Waals surface area (Å²) in [4.78, 5) is 11.9. The number of hydrogen-bond donors (Lipinski definition) is 1. The van der Waals surface area contributed by atoms with Crippen LogP contribution in [0.15, 0.2) is 18.2 Å². The van der Waals surface area contributed by atoms with Crippen LogP contribution >= 0.6 is 0 Å². The Morgan fingerprint density at radius 3 is 2.22 bits per heavy atom. The second-order valence-electron chi connectivity index (χ2n) is 4.28. The Morgan fingerprint density at radius 1 is 1.22 bits per heavy atom. The van der Waals surface area contributed by atoms with Crippen LogP contribution in [0.5, 0.6) is 11.5 Å². The smallest absolute Gasteiger partial charge is 0.227 e. The van der Waals surface area contributed by atoms with Gasteiger partial charge in [0.1, 0.15) is 11.5 Å². The summed E-state index contributed by atoms with van der Waals surface area (Å²) in [7, 11) is 3.17. The van der Waals surface area contributed by atoms with Crippen LogP contribution in [-0.4, -0.2) is 20.1 Å². The van der Waals surface area contributed by atoms with Crippen molar-refractivity contribution in [2.75, 3.05) is 19.5 Å². The molecular formula is C14H21NO3. The predicted molar refractivity (Wildman–Crippen MR) is 72.2 cm³/mol. The molecule has 0 saturated heterocycles. The van der Waals surface area contributed by atoms with Crippen LogP contribution in [0.25, 0.3) is 0 Å². The molecule has 0 unspecified atom stereocenters. The summed E-state index contributed by atoms with van der Waals surface area (Å²) in [5.74, 6) is 1.35. The summed E-state index contributed by atoms with van der Waals surface area (Å²) < 4.78 is 10.3. The van der Waals surface area contributed by atoms with Gasteiger partial charge < -0.3 is 14.8 Å². The highest BCUT2D eigenvalue weighted by Crippen LogP contribution is 2.26. The highest BCUT2D eigenvalue weighted by molar-refractivity contribution is 5.92. The number of ether oxygens (including phenoxy) is 2. The molecule has 0 radical (unpaired) electrons. The van der Waals surface area contributed by atoms with Gasteiger partial charge in [-0.25, -0.2) is 0 Å². The van der Waals surface area contributed by atoms with Crippen LogP contribution in [0.2, 0.25) is 0 Å². The third kappa shape index (κ3) is 3.95. The number of rotatable bonds is 6. The van der Waals surface area contributed by atoms with Gasteiger partial charge in [0.2, 0.25) is 5.91 Å². The lowest BCUT2D eigenvalue weighted by atomic mass is 10.1. The minimum absolute atomic E-state index is 0.00666. The van der Waals surface area contributed by atoms with E-state index in [0.717, 1.165) is 12.8 Å². The first-order chi connectivity index (χ1) is 8.60. The molecule has 0 heterocycles. The van der Waals surface area contributed by atoms with Crippen molar-refractivity contribution in [1.82, 2.24) is 0 Å². The molecule has 0 bridgehead atoms. The average molecular weight is 251 g/mol. The van der Waals surface area contributed by atoms with E-state index in [2.05, 4.69) is 12.2 Å². The zero-order valence-corrected chi connectivity index (χ0v) is 11.4. The number of benzene rings is 1. The molecule has 4 nitrogen and oxygen atoms in total. The fourth-order valence-corrected chi connectivity index (χ4v) is 1.71. The topological polar surface area (TPSA) is 47.6 Å². The highest BCUT2D eigenvalue weighted by Gasteiger charge is 2.12. The number of carbonyl (C=O) groups excluding carboxylic acids is 1. The van der Waals surface area contributed by atoms with Crippen molar-refractivity contribution in [3.63, 3.8) is 0 Å². The summed E-state index contributed by atoms with van der Waals surface area (Å²) in [6.07, 6.45) is 1.88. The van der Waals surface area contributed by atoms with Gasteiger partial charge in [-0.05, 0) is 6.42 Å². The van der Waals surface area contributed by atoms with Gasteiger partial charge in [0, 0.05) is 29.8 Å². The van der Waals surface area contributed by atoms with E-state index in [4.69, 9.17) is 9.47 Å². The summed E-state index contributed by atoms with van der Waals surface area (Å²) in [6, 6.07) is 5.32. The molecule has 18 heavy (non-hydrogen) atoms. The van der Waals surface area contributed by atoms with Crippen LogP contribution < -0.4 is 14.8 Å². The van der Waals surface area contributed by atoms with Gasteiger partial charge in [-0.15, -0.1) is 0 Å². The van der Waals surface area contributed by atoms with Crippen LogP contribution in [0.3, 0.4) is 0 Å².